The molecule has 0 spiro atoms. The number of carbonyl (C=O) groups excluding carboxylic acids is 1. The topological polar surface area (TPSA) is 67.6 Å². The van der Waals surface area contributed by atoms with Gasteiger partial charge in [0.15, 0.2) is 5.76 Å². The zero-order valence-corrected chi connectivity index (χ0v) is 16.5. The van der Waals surface area contributed by atoms with Crippen molar-refractivity contribution in [3.8, 4) is 5.75 Å². The molecule has 0 bridgehead atoms. The van der Waals surface area contributed by atoms with Crippen LogP contribution in [0, 0.1) is 6.92 Å². The summed E-state index contributed by atoms with van der Waals surface area (Å²) >= 11 is 0. The molecule has 0 aliphatic heterocycles. The molecule has 1 unspecified atom stereocenters. The van der Waals surface area contributed by atoms with Gasteiger partial charge in [0, 0.05) is 12.5 Å². The third-order valence-electron chi connectivity index (χ3n) is 4.30. The van der Waals surface area contributed by atoms with Gasteiger partial charge in [-0.05, 0) is 45.6 Å². The van der Waals surface area contributed by atoms with Crippen LogP contribution in [0.3, 0.4) is 0 Å². The van der Waals surface area contributed by atoms with Crippen LogP contribution in [0.4, 0.5) is 0 Å². The first-order valence-corrected chi connectivity index (χ1v) is 8.98. The zero-order chi connectivity index (χ0) is 19.3. The molecule has 0 aliphatic carbocycles. The second-order valence-corrected chi connectivity index (χ2v) is 6.85. The molecule has 1 amide bonds. The Morgan fingerprint density at radius 3 is 2.46 bits per heavy atom. The number of carbonyl (C=O) groups is 1. The van der Waals surface area contributed by atoms with Crippen LogP contribution in [0.15, 0.2) is 28.8 Å². The van der Waals surface area contributed by atoms with Crippen LogP contribution in [0.25, 0.3) is 0 Å². The molecule has 6 heteroatoms. The van der Waals surface area contributed by atoms with Crippen LogP contribution < -0.4 is 10.1 Å². The highest BCUT2D eigenvalue weighted by atomic mass is 16.5. The van der Waals surface area contributed by atoms with E-state index in [-0.39, 0.29) is 17.9 Å². The van der Waals surface area contributed by atoms with E-state index in [4.69, 9.17) is 9.26 Å². The first-order valence-electron chi connectivity index (χ1n) is 8.98. The number of ether oxygens (including phenoxy) is 1. The van der Waals surface area contributed by atoms with E-state index in [1.807, 2.05) is 59.1 Å². The van der Waals surface area contributed by atoms with Crippen molar-refractivity contribution >= 4 is 5.91 Å². The SMILES string of the molecule is CCOc1ccc(C(CNC(=O)c2c(C)noc2C(C)C)N(C)C)cc1. The lowest BCUT2D eigenvalue weighted by Gasteiger charge is -2.25. The van der Waals surface area contributed by atoms with Gasteiger partial charge in [-0.1, -0.05) is 31.1 Å². The quantitative estimate of drug-likeness (QED) is 0.781. The van der Waals surface area contributed by atoms with E-state index in [0.29, 0.717) is 30.2 Å². The summed E-state index contributed by atoms with van der Waals surface area (Å²) in [7, 11) is 3.99. The monoisotopic (exact) mass is 359 g/mol. The minimum absolute atomic E-state index is 0.0530. The lowest BCUT2D eigenvalue weighted by molar-refractivity contribution is 0.0939. The first-order chi connectivity index (χ1) is 12.3. The molecule has 6 nitrogen and oxygen atoms in total. The number of nitrogens with zero attached hydrogens (tertiary/aromatic N) is 2. The fourth-order valence-corrected chi connectivity index (χ4v) is 2.89. The maximum Gasteiger partial charge on any atom is 0.256 e. The molecule has 26 heavy (non-hydrogen) atoms. The van der Waals surface area contributed by atoms with Crippen LogP contribution in [0.2, 0.25) is 0 Å². The Hall–Kier alpha value is -2.34. The molecule has 1 heterocycles. The predicted octanol–water partition coefficient (Wildman–Crippen LogP) is 3.54. The van der Waals surface area contributed by atoms with Gasteiger partial charge in [-0.15, -0.1) is 0 Å². The van der Waals surface area contributed by atoms with Crippen molar-refractivity contribution in [1.82, 2.24) is 15.4 Å². The molecule has 1 atom stereocenters. The van der Waals surface area contributed by atoms with Crippen LogP contribution >= 0.6 is 0 Å². The maximum absolute atomic E-state index is 12.7. The molecule has 0 fully saturated rings. The van der Waals surface area contributed by atoms with E-state index >= 15 is 0 Å². The Kier molecular flexibility index (Phi) is 6.80. The van der Waals surface area contributed by atoms with E-state index in [1.54, 1.807) is 6.92 Å². The number of aromatic nitrogens is 1. The van der Waals surface area contributed by atoms with Gasteiger partial charge >= 0.3 is 0 Å². The van der Waals surface area contributed by atoms with Crippen molar-refractivity contribution in [2.75, 3.05) is 27.2 Å². The molecule has 1 N–H and O–H groups in total. The molecule has 2 aromatic rings. The van der Waals surface area contributed by atoms with Gasteiger partial charge in [-0.2, -0.15) is 0 Å². The predicted molar refractivity (Wildman–Crippen MR) is 102 cm³/mol. The maximum atomic E-state index is 12.7. The van der Waals surface area contributed by atoms with Gasteiger partial charge in [0.2, 0.25) is 0 Å². The smallest absolute Gasteiger partial charge is 0.256 e. The van der Waals surface area contributed by atoms with E-state index in [9.17, 15) is 4.79 Å². The summed E-state index contributed by atoms with van der Waals surface area (Å²) in [5, 5.41) is 6.98. The number of likely N-dealkylation sites (N-methyl/N-ethyl adjacent to an activating group) is 1. The number of amides is 1. The second kappa shape index (κ2) is 8.85. The van der Waals surface area contributed by atoms with Crippen molar-refractivity contribution in [2.24, 2.45) is 0 Å². The van der Waals surface area contributed by atoms with Crippen molar-refractivity contribution in [3.05, 3.63) is 46.8 Å². The van der Waals surface area contributed by atoms with Crippen LogP contribution in [-0.4, -0.2) is 43.2 Å². The Morgan fingerprint density at radius 2 is 1.92 bits per heavy atom. The van der Waals surface area contributed by atoms with E-state index < -0.39 is 0 Å². The lowest BCUT2D eigenvalue weighted by atomic mass is 10.0. The van der Waals surface area contributed by atoms with Crippen LogP contribution in [0.1, 0.15) is 60.1 Å². The van der Waals surface area contributed by atoms with Crippen LogP contribution in [-0.2, 0) is 0 Å². The molecule has 1 aromatic heterocycles. The normalized spacial score (nSPS) is 12.5. The van der Waals surface area contributed by atoms with E-state index in [2.05, 4.69) is 15.4 Å². The highest BCUT2D eigenvalue weighted by Crippen LogP contribution is 2.24. The summed E-state index contributed by atoms with van der Waals surface area (Å²) in [6.07, 6.45) is 0. The molecule has 0 radical (unpaired) electrons. The Morgan fingerprint density at radius 1 is 1.27 bits per heavy atom. The molecule has 0 saturated heterocycles. The first kappa shape index (κ1) is 20.0. The van der Waals surface area contributed by atoms with E-state index in [0.717, 1.165) is 11.3 Å². The highest BCUT2D eigenvalue weighted by molar-refractivity contribution is 5.96. The van der Waals surface area contributed by atoms with Crippen molar-refractivity contribution in [3.63, 3.8) is 0 Å². The number of hydrogen-bond acceptors (Lipinski definition) is 5. The summed E-state index contributed by atoms with van der Waals surface area (Å²) in [5.41, 5.74) is 2.28. The average Bonchev–Trinajstić information content (AvgIpc) is 2.98. The summed E-state index contributed by atoms with van der Waals surface area (Å²) in [6.45, 7) is 8.85. The number of nitrogens with one attached hydrogen (secondary N) is 1. The molecule has 0 saturated carbocycles. The molecular weight excluding hydrogens is 330 g/mol. The molecule has 142 valence electrons. The second-order valence-electron chi connectivity index (χ2n) is 6.85. The molecular formula is C20H29N3O3. The third kappa shape index (κ3) is 4.64. The van der Waals surface area contributed by atoms with Gasteiger partial charge in [0.25, 0.3) is 5.91 Å². The summed E-state index contributed by atoms with van der Waals surface area (Å²) in [4.78, 5) is 14.8. The summed E-state index contributed by atoms with van der Waals surface area (Å²) in [5.74, 6) is 1.43. The van der Waals surface area contributed by atoms with Gasteiger partial charge in [0.05, 0.1) is 18.3 Å². The zero-order valence-electron chi connectivity index (χ0n) is 16.5. The van der Waals surface area contributed by atoms with Gasteiger partial charge in [0.1, 0.15) is 11.3 Å². The minimum atomic E-state index is -0.148. The number of hydrogen-bond donors (Lipinski definition) is 1. The van der Waals surface area contributed by atoms with Crippen LogP contribution in [0.5, 0.6) is 5.75 Å². The highest BCUT2D eigenvalue weighted by Gasteiger charge is 2.24. The number of benzene rings is 1. The molecule has 1 aromatic carbocycles. The number of aryl methyl sites for hydroxylation is 1. The fraction of sp³-hybridized carbons (Fsp3) is 0.500. The Labute approximate surface area is 155 Å². The van der Waals surface area contributed by atoms with Crippen molar-refractivity contribution < 1.29 is 14.1 Å². The lowest BCUT2D eigenvalue weighted by Crippen LogP contribution is -2.35. The van der Waals surface area contributed by atoms with Crippen molar-refractivity contribution in [2.45, 2.75) is 39.7 Å². The fourth-order valence-electron chi connectivity index (χ4n) is 2.89. The van der Waals surface area contributed by atoms with Gasteiger partial charge < -0.3 is 19.5 Å². The van der Waals surface area contributed by atoms with Gasteiger partial charge in [-0.25, -0.2) is 0 Å². The summed E-state index contributed by atoms with van der Waals surface area (Å²) in [6, 6.07) is 8.03. The molecule has 0 aliphatic rings. The average molecular weight is 359 g/mol. The van der Waals surface area contributed by atoms with Gasteiger partial charge in [-0.3, -0.25) is 4.79 Å². The third-order valence-corrected chi connectivity index (χ3v) is 4.30. The Bertz CT molecular complexity index is 720. The van der Waals surface area contributed by atoms with Crippen molar-refractivity contribution in [1.29, 1.82) is 0 Å². The molecule has 2 rings (SSSR count). The Balaban J connectivity index is 2.11. The number of rotatable bonds is 8. The summed E-state index contributed by atoms with van der Waals surface area (Å²) < 4.78 is 10.8. The minimum Gasteiger partial charge on any atom is -0.494 e. The largest absolute Gasteiger partial charge is 0.494 e. The standard InChI is InChI=1S/C20H29N3O3/c1-7-25-16-10-8-15(9-11-16)17(23(5)6)12-21-20(24)18-14(4)22-26-19(18)13(2)3/h8-11,13,17H,7,12H2,1-6H3,(H,21,24). The van der Waals surface area contributed by atoms with E-state index in [1.165, 1.54) is 0 Å².